The van der Waals surface area contributed by atoms with Crippen LogP contribution in [0.1, 0.15) is 214 Å². The number of carboxylic acids is 1. The molecule has 0 heterocycles. The summed E-state index contributed by atoms with van der Waals surface area (Å²) in [4.78, 5) is 49.2. The van der Waals surface area contributed by atoms with Crippen molar-refractivity contribution >= 4 is 23.7 Å². The van der Waals surface area contributed by atoms with Crippen molar-refractivity contribution in [3.8, 4) is 0 Å². The number of aliphatic hydroxyl groups excluding tert-OH is 1. The normalized spacial score (nSPS) is 24.9. The Bertz CT molecular complexity index is 1010. The van der Waals surface area contributed by atoms with E-state index < -0.39 is 11.9 Å². The fraction of sp³-hybridized carbons (Fsp3) is 0.911. The number of amides is 3. The van der Waals surface area contributed by atoms with Crippen molar-refractivity contribution in [3.63, 3.8) is 0 Å². The summed E-state index contributed by atoms with van der Waals surface area (Å²) in [6, 6.07) is 0.552. The molecule has 9 nitrogen and oxygen atoms in total. The van der Waals surface area contributed by atoms with Crippen LogP contribution in [0.25, 0.3) is 0 Å². The minimum absolute atomic E-state index is 0. The van der Waals surface area contributed by atoms with Crippen LogP contribution in [-0.4, -0.2) is 53.0 Å². The van der Waals surface area contributed by atoms with Gasteiger partial charge >= 0.3 is 29.6 Å². The molecule has 7 atom stereocenters. The van der Waals surface area contributed by atoms with Gasteiger partial charge in [-0.2, -0.15) is 0 Å². The molecule has 3 amide bonds. The van der Waals surface area contributed by atoms with Crippen LogP contribution in [0.5, 0.6) is 0 Å². The Hall–Kier alpha value is -1.16. The molecule has 3 fully saturated rings. The summed E-state index contributed by atoms with van der Waals surface area (Å²) in [5, 5.41) is 29.6. The summed E-state index contributed by atoms with van der Waals surface area (Å²) in [5.41, 5.74) is 0. The van der Waals surface area contributed by atoms with Crippen molar-refractivity contribution in [1.29, 1.82) is 0 Å². The van der Waals surface area contributed by atoms with Gasteiger partial charge in [-0.05, 0) is 82.0 Å². The molecule has 0 aromatic rings. The van der Waals surface area contributed by atoms with E-state index in [9.17, 15) is 29.4 Å². The first-order valence-electron chi connectivity index (χ1n) is 22.7. The monoisotopic (exact) mass is 784 g/mol. The molecule has 3 aliphatic rings. The van der Waals surface area contributed by atoms with Gasteiger partial charge in [0, 0.05) is 36.9 Å². The van der Waals surface area contributed by atoms with Crippen LogP contribution in [-0.2, 0) is 19.2 Å². The minimum Gasteiger partial charge on any atom is -0.550 e. The number of hydrogen-bond acceptors (Lipinski definition) is 6. The molecule has 0 radical (unpaired) electrons. The zero-order valence-electron chi connectivity index (χ0n) is 36.1. The molecule has 0 saturated heterocycles. The summed E-state index contributed by atoms with van der Waals surface area (Å²) in [5.74, 6) is 0.00696. The van der Waals surface area contributed by atoms with Gasteiger partial charge in [-0.25, -0.2) is 0 Å². The molecular formula is C45H82N3NaO6. The zero-order valence-corrected chi connectivity index (χ0v) is 38.1. The Morgan fingerprint density at radius 3 is 1.36 bits per heavy atom. The fourth-order valence-electron chi connectivity index (χ4n) is 8.95. The van der Waals surface area contributed by atoms with Gasteiger partial charge in [0.1, 0.15) is 0 Å². The first-order chi connectivity index (χ1) is 25.9. The zero-order chi connectivity index (χ0) is 39.6. The standard InChI is InChI=1S/C27H47N3O3.C18H36O3.Na/c1-18-7-4-10-22(13-18)28-25(31)16-21(27(33)30-24-12-6-9-20(3)15-24)17-26(32)29-23-11-5-8-19(2)14-23;1-2-3-4-11-14-17(19)15-12-9-7-5-6-8-10-13-16-18(20)21;/h18-24H,4-17H2,1-3H3,(H,28,31)(H,29,32)(H,30,33);17,19H,2-16H2,1H3,(H,20,21);/q;;+1/p-1. The van der Waals surface area contributed by atoms with E-state index >= 15 is 0 Å². The topological polar surface area (TPSA) is 148 Å². The van der Waals surface area contributed by atoms with Crippen LogP contribution in [0.15, 0.2) is 0 Å². The molecule has 3 aliphatic carbocycles. The second-order valence-corrected chi connectivity index (χ2v) is 17.9. The number of carbonyl (C=O) groups excluding carboxylic acids is 4. The number of hydrogen-bond donors (Lipinski definition) is 4. The number of aliphatic hydroxyl groups is 1. The molecule has 0 spiro atoms. The molecule has 0 aromatic heterocycles. The van der Waals surface area contributed by atoms with Crippen molar-refractivity contribution in [3.05, 3.63) is 0 Å². The third-order valence-electron chi connectivity index (χ3n) is 12.2. The Morgan fingerprint density at radius 1 is 0.582 bits per heavy atom. The summed E-state index contributed by atoms with van der Waals surface area (Å²) >= 11 is 0. The molecule has 10 heteroatoms. The second-order valence-electron chi connectivity index (χ2n) is 17.9. The number of nitrogens with one attached hydrogen (secondary N) is 3. The van der Waals surface area contributed by atoms with Gasteiger partial charge in [-0.1, -0.05) is 137 Å². The van der Waals surface area contributed by atoms with E-state index in [0.29, 0.717) is 17.8 Å². The summed E-state index contributed by atoms with van der Waals surface area (Å²) in [6.45, 7) is 8.90. The van der Waals surface area contributed by atoms with Crippen LogP contribution in [0.4, 0.5) is 0 Å². The summed E-state index contributed by atoms with van der Waals surface area (Å²) in [6.07, 6.45) is 29.1. The molecule has 3 rings (SSSR count). The Balaban J connectivity index is 0.000000599. The van der Waals surface area contributed by atoms with Crippen LogP contribution < -0.4 is 50.6 Å². The van der Waals surface area contributed by atoms with Crippen molar-refractivity contribution in [2.24, 2.45) is 23.7 Å². The predicted molar refractivity (Wildman–Crippen MR) is 217 cm³/mol. The number of rotatable bonds is 24. The van der Waals surface area contributed by atoms with E-state index in [-0.39, 0.29) is 90.8 Å². The molecule has 7 unspecified atom stereocenters. The molecule has 55 heavy (non-hydrogen) atoms. The summed E-state index contributed by atoms with van der Waals surface area (Å²) < 4.78 is 0. The largest absolute Gasteiger partial charge is 1.00 e. The molecule has 314 valence electrons. The Kier molecular flexibility index (Phi) is 30.0. The van der Waals surface area contributed by atoms with E-state index in [4.69, 9.17) is 0 Å². The van der Waals surface area contributed by atoms with Gasteiger partial charge in [0.2, 0.25) is 17.7 Å². The number of carboxylic acid groups (broad SMARTS) is 1. The molecular weight excluding hydrogens is 702 g/mol. The molecule has 3 saturated carbocycles. The van der Waals surface area contributed by atoms with Gasteiger partial charge in [0.15, 0.2) is 0 Å². The Morgan fingerprint density at radius 2 is 0.964 bits per heavy atom. The van der Waals surface area contributed by atoms with E-state index in [2.05, 4.69) is 43.6 Å². The summed E-state index contributed by atoms with van der Waals surface area (Å²) in [7, 11) is 0. The molecule has 0 aliphatic heterocycles. The fourth-order valence-corrected chi connectivity index (χ4v) is 8.95. The molecule has 0 aromatic carbocycles. The van der Waals surface area contributed by atoms with Gasteiger partial charge in [-0.15, -0.1) is 0 Å². The van der Waals surface area contributed by atoms with Gasteiger partial charge < -0.3 is 31.0 Å². The van der Waals surface area contributed by atoms with Crippen molar-refractivity contribution in [2.75, 3.05) is 0 Å². The van der Waals surface area contributed by atoms with E-state index in [1.165, 1.54) is 70.6 Å². The number of aliphatic carboxylic acids is 1. The van der Waals surface area contributed by atoms with Crippen molar-refractivity contribution in [2.45, 2.75) is 238 Å². The second kappa shape index (κ2) is 31.8. The van der Waals surface area contributed by atoms with Crippen LogP contribution >= 0.6 is 0 Å². The van der Waals surface area contributed by atoms with Crippen molar-refractivity contribution < 1.29 is 58.9 Å². The van der Waals surface area contributed by atoms with Crippen LogP contribution in [0.3, 0.4) is 0 Å². The van der Waals surface area contributed by atoms with Gasteiger partial charge in [0.25, 0.3) is 0 Å². The minimum atomic E-state index is -0.928. The van der Waals surface area contributed by atoms with Gasteiger partial charge in [0.05, 0.1) is 12.0 Å². The number of unbranched alkanes of at least 4 members (excludes halogenated alkanes) is 10. The first-order valence-corrected chi connectivity index (χ1v) is 22.7. The smallest absolute Gasteiger partial charge is 0.550 e. The van der Waals surface area contributed by atoms with Crippen LogP contribution in [0.2, 0.25) is 0 Å². The van der Waals surface area contributed by atoms with Gasteiger partial charge in [-0.3, -0.25) is 14.4 Å². The average molecular weight is 784 g/mol. The third kappa shape index (κ3) is 26.5. The number of carbonyl (C=O) groups is 4. The van der Waals surface area contributed by atoms with Crippen molar-refractivity contribution in [1.82, 2.24) is 16.0 Å². The first kappa shape index (κ1) is 51.9. The van der Waals surface area contributed by atoms with Crippen LogP contribution in [0, 0.1) is 23.7 Å². The van der Waals surface area contributed by atoms with E-state index in [1.54, 1.807) is 0 Å². The quantitative estimate of drug-likeness (QED) is 0.0758. The van der Waals surface area contributed by atoms with E-state index in [1.807, 2.05) is 0 Å². The molecule has 0 bridgehead atoms. The maximum Gasteiger partial charge on any atom is 1.00 e. The average Bonchev–Trinajstić information content (AvgIpc) is 3.11. The Labute approximate surface area is 358 Å². The maximum absolute atomic E-state index is 13.2. The maximum atomic E-state index is 13.2. The third-order valence-corrected chi connectivity index (χ3v) is 12.2. The predicted octanol–water partition coefficient (Wildman–Crippen LogP) is 5.44. The SMILES string of the molecule is CC1CCCC(NC(=O)CC(CC(=O)NC2CCCC(C)C2)C(=O)NC2CCCC(C)C2)C1.CCCCCCC(O)CCCCCCCCCCC(=O)[O-].[Na+]. The van der Waals surface area contributed by atoms with E-state index in [0.717, 1.165) is 96.3 Å². The molecule has 4 N–H and O–H groups in total.